The van der Waals surface area contributed by atoms with Crippen molar-refractivity contribution in [3.63, 3.8) is 0 Å². The highest BCUT2D eigenvalue weighted by molar-refractivity contribution is 6.30. The van der Waals surface area contributed by atoms with E-state index in [1.54, 1.807) is 18.2 Å². The molecule has 0 spiro atoms. The normalized spacial score (nSPS) is 16.0. The van der Waals surface area contributed by atoms with Crippen LogP contribution in [0.15, 0.2) is 42.5 Å². The second-order valence-corrected chi connectivity index (χ2v) is 8.73. The molecule has 0 radical (unpaired) electrons. The molecule has 0 aromatic heterocycles. The first-order valence-corrected chi connectivity index (χ1v) is 11.5. The third-order valence-electron chi connectivity index (χ3n) is 5.49. The van der Waals surface area contributed by atoms with E-state index in [1.165, 1.54) is 19.1 Å². The largest absolute Gasteiger partial charge is 0.511 e. The van der Waals surface area contributed by atoms with Crippen LogP contribution in [0.1, 0.15) is 51.0 Å². The number of esters is 1. The molecule has 1 saturated carbocycles. The summed E-state index contributed by atoms with van der Waals surface area (Å²) in [5.74, 6) is -0.927. The van der Waals surface area contributed by atoms with Crippen LogP contribution in [-0.2, 0) is 25.4 Å². The Morgan fingerprint density at radius 3 is 2.48 bits per heavy atom. The molecule has 178 valence electrons. The van der Waals surface area contributed by atoms with Crippen LogP contribution in [0, 0.1) is 5.82 Å². The van der Waals surface area contributed by atoms with E-state index in [4.69, 9.17) is 31.5 Å². The quantitative estimate of drug-likeness (QED) is 0.383. The van der Waals surface area contributed by atoms with E-state index in [2.05, 4.69) is 0 Å². The molecule has 2 atom stereocenters. The summed E-state index contributed by atoms with van der Waals surface area (Å²) in [5.41, 5.74) is 8.09. The van der Waals surface area contributed by atoms with Crippen molar-refractivity contribution in [1.29, 1.82) is 0 Å². The van der Waals surface area contributed by atoms with Gasteiger partial charge in [-0.3, -0.25) is 4.79 Å². The number of benzene rings is 2. The molecule has 1 aliphatic rings. The van der Waals surface area contributed by atoms with Gasteiger partial charge in [-0.05, 0) is 61.4 Å². The van der Waals surface area contributed by atoms with Gasteiger partial charge in [0.1, 0.15) is 11.9 Å². The minimum Gasteiger partial charge on any atom is -0.431 e. The standard InChI is InChI=1S/C25H29ClFNO5/c1-16(32-25(30)33-21-5-3-2-4-6-21)31-24(29)15-20(28)13-17-7-9-18(10-8-17)22-14-19(26)11-12-23(22)27/h7-12,14,16,20-21H,2-6,13,15,28H2,1H3/t16-,20?/m1/s1. The van der Waals surface area contributed by atoms with Gasteiger partial charge >= 0.3 is 12.1 Å². The van der Waals surface area contributed by atoms with Crippen molar-refractivity contribution >= 4 is 23.7 Å². The van der Waals surface area contributed by atoms with Crippen LogP contribution in [0.3, 0.4) is 0 Å². The fourth-order valence-corrected chi connectivity index (χ4v) is 4.04. The Hall–Kier alpha value is -2.64. The summed E-state index contributed by atoms with van der Waals surface area (Å²) < 4.78 is 29.4. The van der Waals surface area contributed by atoms with Gasteiger partial charge < -0.3 is 19.9 Å². The first-order chi connectivity index (χ1) is 15.8. The average Bonchev–Trinajstić information content (AvgIpc) is 2.76. The lowest BCUT2D eigenvalue weighted by Gasteiger charge is -2.22. The number of rotatable bonds is 8. The summed E-state index contributed by atoms with van der Waals surface area (Å²) in [5, 5.41) is 0.455. The van der Waals surface area contributed by atoms with Crippen molar-refractivity contribution in [2.75, 3.05) is 0 Å². The number of ether oxygens (including phenoxy) is 3. The molecule has 6 nitrogen and oxygen atoms in total. The fourth-order valence-electron chi connectivity index (χ4n) is 3.87. The molecule has 33 heavy (non-hydrogen) atoms. The van der Waals surface area contributed by atoms with Crippen LogP contribution >= 0.6 is 11.6 Å². The van der Waals surface area contributed by atoms with Gasteiger partial charge in [-0.15, -0.1) is 0 Å². The van der Waals surface area contributed by atoms with Crippen LogP contribution in [-0.4, -0.2) is 30.6 Å². The number of halogens is 2. The molecule has 8 heteroatoms. The maximum absolute atomic E-state index is 14.0. The second-order valence-electron chi connectivity index (χ2n) is 8.29. The molecule has 2 aromatic carbocycles. The summed E-state index contributed by atoms with van der Waals surface area (Å²) in [4.78, 5) is 24.0. The predicted octanol–water partition coefficient (Wildman–Crippen LogP) is 5.78. The maximum atomic E-state index is 14.0. The Balaban J connectivity index is 1.43. The SMILES string of the molecule is C[C@H](OC(=O)CC(N)Cc1ccc(-c2cc(Cl)ccc2F)cc1)OC(=O)OC1CCCCC1. The summed E-state index contributed by atoms with van der Waals surface area (Å²) in [6, 6.07) is 11.1. The van der Waals surface area contributed by atoms with E-state index >= 15 is 0 Å². The van der Waals surface area contributed by atoms with Crippen LogP contribution in [0.25, 0.3) is 11.1 Å². The number of carbonyl (C=O) groups excluding carboxylic acids is 2. The Morgan fingerprint density at radius 1 is 1.09 bits per heavy atom. The van der Waals surface area contributed by atoms with Crippen molar-refractivity contribution in [2.24, 2.45) is 5.73 Å². The summed E-state index contributed by atoms with van der Waals surface area (Å²) in [6.45, 7) is 1.46. The van der Waals surface area contributed by atoms with Gasteiger partial charge in [0.2, 0.25) is 6.29 Å². The van der Waals surface area contributed by atoms with Gasteiger partial charge in [0.15, 0.2) is 0 Å². The summed E-state index contributed by atoms with van der Waals surface area (Å²) >= 11 is 5.96. The molecule has 3 rings (SSSR count). The molecule has 1 fully saturated rings. The molecule has 0 heterocycles. The van der Waals surface area contributed by atoms with E-state index in [0.29, 0.717) is 22.6 Å². The highest BCUT2D eigenvalue weighted by atomic mass is 35.5. The zero-order valence-corrected chi connectivity index (χ0v) is 19.4. The van der Waals surface area contributed by atoms with Crippen molar-refractivity contribution in [3.8, 4) is 11.1 Å². The first kappa shape index (κ1) is 25.0. The van der Waals surface area contributed by atoms with Gasteiger partial charge in [0, 0.05) is 23.6 Å². The number of nitrogens with two attached hydrogens (primary N) is 1. The topological polar surface area (TPSA) is 87.9 Å². The molecule has 1 aliphatic carbocycles. The fraction of sp³-hybridized carbons (Fsp3) is 0.440. The van der Waals surface area contributed by atoms with Crippen molar-refractivity contribution in [2.45, 2.75) is 70.3 Å². The molecular weight excluding hydrogens is 449 g/mol. The number of hydrogen-bond donors (Lipinski definition) is 1. The van der Waals surface area contributed by atoms with Gasteiger partial charge in [0.25, 0.3) is 0 Å². The third-order valence-corrected chi connectivity index (χ3v) is 5.73. The molecule has 2 aromatic rings. The van der Waals surface area contributed by atoms with E-state index in [0.717, 1.165) is 37.7 Å². The van der Waals surface area contributed by atoms with Crippen LogP contribution in [0.4, 0.5) is 9.18 Å². The Labute approximate surface area is 198 Å². The molecule has 0 aliphatic heterocycles. The summed E-state index contributed by atoms with van der Waals surface area (Å²) in [6.07, 6.45) is 3.21. The van der Waals surface area contributed by atoms with E-state index in [9.17, 15) is 14.0 Å². The number of carbonyl (C=O) groups is 2. The number of hydrogen-bond acceptors (Lipinski definition) is 6. The van der Waals surface area contributed by atoms with E-state index < -0.39 is 24.5 Å². The minimum atomic E-state index is -1.06. The van der Waals surface area contributed by atoms with Crippen molar-refractivity contribution in [1.82, 2.24) is 0 Å². The molecule has 0 amide bonds. The highest BCUT2D eigenvalue weighted by Gasteiger charge is 2.22. The Kier molecular flexibility index (Phi) is 9.09. The zero-order valence-electron chi connectivity index (χ0n) is 18.6. The predicted molar refractivity (Wildman–Crippen MR) is 123 cm³/mol. The second kappa shape index (κ2) is 12.0. The Morgan fingerprint density at radius 2 is 1.79 bits per heavy atom. The van der Waals surface area contributed by atoms with Gasteiger partial charge in [0.05, 0.1) is 6.42 Å². The lowest BCUT2D eigenvalue weighted by atomic mass is 9.98. The van der Waals surface area contributed by atoms with Gasteiger partial charge in [-0.1, -0.05) is 42.3 Å². The summed E-state index contributed by atoms with van der Waals surface area (Å²) in [7, 11) is 0. The Bertz CT molecular complexity index is 946. The smallest absolute Gasteiger partial charge is 0.431 e. The lowest BCUT2D eigenvalue weighted by molar-refractivity contribution is -0.169. The van der Waals surface area contributed by atoms with Gasteiger partial charge in [-0.25, -0.2) is 9.18 Å². The molecule has 1 unspecified atom stereocenters. The molecular formula is C25H29ClFNO5. The first-order valence-electron chi connectivity index (χ1n) is 11.2. The van der Waals surface area contributed by atoms with Crippen LogP contribution in [0.5, 0.6) is 0 Å². The molecule has 0 bridgehead atoms. The third kappa shape index (κ3) is 8.02. The highest BCUT2D eigenvalue weighted by Crippen LogP contribution is 2.26. The van der Waals surface area contributed by atoms with Crippen molar-refractivity contribution in [3.05, 3.63) is 58.9 Å². The van der Waals surface area contributed by atoms with Gasteiger partial charge in [-0.2, -0.15) is 0 Å². The van der Waals surface area contributed by atoms with Crippen molar-refractivity contribution < 1.29 is 28.2 Å². The van der Waals surface area contributed by atoms with E-state index in [-0.39, 0.29) is 18.3 Å². The lowest BCUT2D eigenvalue weighted by Crippen LogP contribution is -2.30. The molecule has 0 saturated heterocycles. The average molecular weight is 478 g/mol. The zero-order chi connectivity index (χ0) is 23.8. The van der Waals surface area contributed by atoms with Crippen LogP contribution < -0.4 is 5.73 Å². The van der Waals surface area contributed by atoms with Crippen LogP contribution in [0.2, 0.25) is 5.02 Å². The monoisotopic (exact) mass is 477 g/mol. The minimum absolute atomic E-state index is 0.0456. The molecule has 2 N–H and O–H groups in total. The maximum Gasteiger partial charge on any atom is 0.511 e. The van der Waals surface area contributed by atoms with E-state index in [1.807, 2.05) is 12.1 Å².